The number of methoxy groups -OCH3 is 1. The standard InChI is InChI=1S/C13H17FO2/c1-9(2)8-10-6-4-5-7-11(10)12(14)13(15)16-3/h4-7,9,12H,8H2,1-3H3. The first-order chi connectivity index (χ1) is 7.56. The van der Waals surface area contributed by atoms with E-state index < -0.39 is 12.1 Å². The van der Waals surface area contributed by atoms with Gasteiger partial charge < -0.3 is 4.74 Å². The molecule has 0 saturated heterocycles. The van der Waals surface area contributed by atoms with Gasteiger partial charge in [0.25, 0.3) is 0 Å². The third-order valence-electron chi connectivity index (χ3n) is 2.36. The molecule has 1 aromatic carbocycles. The van der Waals surface area contributed by atoms with Crippen LogP contribution in [-0.4, -0.2) is 13.1 Å². The van der Waals surface area contributed by atoms with Crippen LogP contribution >= 0.6 is 0 Å². The van der Waals surface area contributed by atoms with Crippen molar-refractivity contribution < 1.29 is 13.9 Å². The fourth-order valence-electron chi connectivity index (χ4n) is 1.64. The summed E-state index contributed by atoms with van der Waals surface area (Å²) in [6, 6.07) is 7.07. The normalized spacial score (nSPS) is 12.6. The lowest BCUT2D eigenvalue weighted by molar-refractivity contribution is -0.146. The molecule has 0 aliphatic heterocycles. The molecule has 0 amide bonds. The molecule has 0 radical (unpaired) electrons. The van der Waals surface area contributed by atoms with Crippen LogP contribution in [0, 0.1) is 5.92 Å². The minimum absolute atomic E-state index is 0.419. The van der Waals surface area contributed by atoms with E-state index >= 15 is 0 Å². The first-order valence-electron chi connectivity index (χ1n) is 5.36. The second-order valence-electron chi connectivity index (χ2n) is 4.18. The molecular formula is C13H17FO2. The van der Waals surface area contributed by atoms with Gasteiger partial charge >= 0.3 is 5.97 Å². The number of hydrogen-bond acceptors (Lipinski definition) is 2. The number of benzene rings is 1. The average Bonchev–Trinajstić information content (AvgIpc) is 2.27. The first kappa shape index (κ1) is 12.7. The van der Waals surface area contributed by atoms with Gasteiger partial charge in [0.2, 0.25) is 6.17 Å². The Morgan fingerprint density at radius 1 is 1.38 bits per heavy atom. The van der Waals surface area contributed by atoms with Crippen molar-refractivity contribution in [3.8, 4) is 0 Å². The molecule has 1 unspecified atom stereocenters. The van der Waals surface area contributed by atoms with E-state index in [9.17, 15) is 9.18 Å². The van der Waals surface area contributed by atoms with Crippen LogP contribution in [0.25, 0.3) is 0 Å². The molecular weight excluding hydrogens is 207 g/mol. The Kier molecular flexibility index (Phi) is 4.47. The van der Waals surface area contributed by atoms with Crippen molar-refractivity contribution in [2.24, 2.45) is 5.92 Å². The van der Waals surface area contributed by atoms with E-state index in [4.69, 9.17) is 0 Å². The van der Waals surface area contributed by atoms with Gasteiger partial charge in [0.05, 0.1) is 7.11 Å². The van der Waals surface area contributed by atoms with Crippen LogP contribution in [0.2, 0.25) is 0 Å². The van der Waals surface area contributed by atoms with E-state index in [2.05, 4.69) is 18.6 Å². The summed E-state index contributed by atoms with van der Waals surface area (Å²) in [6.45, 7) is 4.12. The molecule has 0 bridgehead atoms. The van der Waals surface area contributed by atoms with Gasteiger partial charge in [0, 0.05) is 5.56 Å². The van der Waals surface area contributed by atoms with Crippen molar-refractivity contribution in [2.45, 2.75) is 26.4 Å². The maximum Gasteiger partial charge on any atom is 0.345 e. The van der Waals surface area contributed by atoms with Crippen LogP contribution < -0.4 is 0 Å². The SMILES string of the molecule is COC(=O)C(F)c1ccccc1CC(C)C. The minimum atomic E-state index is -1.68. The fraction of sp³-hybridized carbons (Fsp3) is 0.462. The van der Waals surface area contributed by atoms with E-state index in [-0.39, 0.29) is 0 Å². The van der Waals surface area contributed by atoms with Crippen molar-refractivity contribution in [3.63, 3.8) is 0 Å². The van der Waals surface area contributed by atoms with E-state index in [1.54, 1.807) is 12.1 Å². The molecule has 0 saturated carbocycles. The van der Waals surface area contributed by atoms with Gasteiger partial charge in [-0.3, -0.25) is 0 Å². The first-order valence-corrected chi connectivity index (χ1v) is 5.36. The molecule has 0 heterocycles. The summed E-state index contributed by atoms with van der Waals surface area (Å²) in [5, 5.41) is 0. The summed E-state index contributed by atoms with van der Waals surface area (Å²) in [7, 11) is 1.19. The van der Waals surface area contributed by atoms with Crippen molar-refractivity contribution in [3.05, 3.63) is 35.4 Å². The van der Waals surface area contributed by atoms with Crippen LogP contribution in [0.1, 0.15) is 31.1 Å². The predicted molar refractivity (Wildman–Crippen MR) is 60.8 cm³/mol. The number of halogens is 1. The summed E-state index contributed by atoms with van der Waals surface area (Å²) >= 11 is 0. The summed E-state index contributed by atoms with van der Waals surface area (Å²) in [5.41, 5.74) is 1.29. The van der Waals surface area contributed by atoms with E-state index in [0.29, 0.717) is 11.5 Å². The highest BCUT2D eigenvalue weighted by Gasteiger charge is 2.22. The molecule has 1 rings (SSSR count). The van der Waals surface area contributed by atoms with Gasteiger partial charge in [-0.1, -0.05) is 38.1 Å². The lowest BCUT2D eigenvalue weighted by Gasteiger charge is -2.13. The van der Waals surface area contributed by atoms with Gasteiger partial charge in [-0.15, -0.1) is 0 Å². The summed E-state index contributed by atoms with van der Waals surface area (Å²) in [4.78, 5) is 11.2. The molecule has 3 heteroatoms. The molecule has 1 atom stereocenters. The maximum absolute atomic E-state index is 13.8. The Hall–Kier alpha value is -1.38. The highest BCUT2D eigenvalue weighted by Crippen LogP contribution is 2.24. The minimum Gasteiger partial charge on any atom is -0.467 e. The molecule has 88 valence electrons. The predicted octanol–water partition coefficient (Wildman–Crippen LogP) is 3.07. The molecule has 0 aliphatic rings. The van der Waals surface area contributed by atoms with Crippen LogP contribution in [0.15, 0.2) is 24.3 Å². The third kappa shape index (κ3) is 3.05. The van der Waals surface area contributed by atoms with Gasteiger partial charge in [0.15, 0.2) is 0 Å². The van der Waals surface area contributed by atoms with E-state index in [0.717, 1.165) is 12.0 Å². The Morgan fingerprint density at radius 2 is 2.00 bits per heavy atom. The lowest BCUT2D eigenvalue weighted by atomic mass is 9.95. The Labute approximate surface area is 95.4 Å². The molecule has 16 heavy (non-hydrogen) atoms. The molecule has 1 aromatic rings. The van der Waals surface area contributed by atoms with Crippen molar-refractivity contribution in [1.29, 1.82) is 0 Å². The molecule has 0 aromatic heterocycles. The second-order valence-corrected chi connectivity index (χ2v) is 4.18. The largest absolute Gasteiger partial charge is 0.467 e. The number of hydrogen-bond donors (Lipinski definition) is 0. The Morgan fingerprint density at radius 3 is 2.56 bits per heavy atom. The summed E-state index contributed by atoms with van der Waals surface area (Å²) in [6.07, 6.45) is -0.923. The number of carbonyl (C=O) groups is 1. The molecule has 0 N–H and O–H groups in total. The van der Waals surface area contributed by atoms with Crippen molar-refractivity contribution >= 4 is 5.97 Å². The van der Waals surface area contributed by atoms with Gasteiger partial charge in [-0.25, -0.2) is 9.18 Å². The van der Waals surface area contributed by atoms with Crippen LogP contribution in [-0.2, 0) is 16.0 Å². The zero-order valence-electron chi connectivity index (χ0n) is 9.87. The number of esters is 1. The number of carbonyl (C=O) groups excluding carboxylic acids is 1. The molecule has 0 fully saturated rings. The van der Waals surface area contributed by atoms with Gasteiger partial charge in [0.1, 0.15) is 0 Å². The number of rotatable bonds is 4. The molecule has 0 aliphatic carbocycles. The Bertz CT molecular complexity index is 361. The molecule has 2 nitrogen and oxygen atoms in total. The van der Waals surface area contributed by atoms with Crippen LogP contribution in [0.3, 0.4) is 0 Å². The highest BCUT2D eigenvalue weighted by atomic mass is 19.1. The van der Waals surface area contributed by atoms with Gasteiger partial charge in [-0.2, -0.15) is 0 Å². The summed E-state index contributed by atoms with van der Waals surface area (Å²) in [5.74, 6) is -0.415. The van der Waals surface area contributed by atoms with Crippen LogP contribution in [0.5, 0.6) is 0 Å². The van der Waals surface area contributed by atoms with Gasteiger partial charge in [-0.05, 0) is 17.9 Å². The highest BCUT2D eigenvalue weighted by molar-refractivity contribution is 5.76. The quantitative estimate of drug-likeness (QED) is 0.735. The smallest absolute Gasteiger partial charge is 0.345 e. The van der Waals surface area contributed by atoms with Crippen molar-refractivity contribution in [2.75, 3.05) is 7.11 Å². The third-order valence-corrected chi connectivity index (χ3v) is 2.36. The monoisotopic (exact) mass is 224 g/mol. The second kappa shape index (κ2) is 5.64. The Balaban J connectivity index is 2.98. The average molecular weight is 224 g/mol. The lowest BCUT2D eigenvalue weighted by Crippen LogP contribution is -2.12. The summed E-state index contributed by atoms with van der Waals surface area (Å²) < 4.78 is 18.2. The zero-order valence-corrected chi connectivity index (χ0v) is 9.87. The zero-order chi connectivity index (χ0) is 12.1. The fourth-order valence-corrected chi connectivity index (χ4v) is 1.64. The number of ether oxygens (including phenoxy) is 1. The van der Waals surface area contributed by atoms with Crippen LogP contribution in [0.4, 0.5) is 4.39 Å². The topological polar surface area (TPSA) is 26.3 Å². The maximum atomic E-state index is 13.8. The van der Waals surface area contributed by atoms with E-state index in [1.165, 1.54) is 7.11 Å². The number of alkyl halides is 1. The molecule has 0 spiro atoms. The van der Waals surface area contributed by atoms with E-state index in [1.807, 2.05) is 12.1 Å². The van der Waals surface area contributed by atoms with Crippen molar-refractivity contribution in [1.82, 2.24) is 0 Å².